The number of rotatable bonds is 9. The molecule has 0 aromatic heterocycles. The Bertz CT molecular complexity index is 802. The number of amides is 1. The summed E-state index contributed by atoms with van der Waals surface area (Å²) in [7, 11) is -3.66. The van der Waals surface area contributed by atoms with Gasteiger partial charge >= 0.3 is 5.97 Å². The molecule has 3 N–H and O–H groups in total. The lowest BCUT2D eigenvalue weighted by molar-refractivity contribution is -0.137. The number of aliphatic carboxylic acids is 1. The number of carbonyl (C=O) groups excluding carboxylic acids is 1. The summed E-state index contributed by atoms with van der Waals surface area (Å²) in [6, 6.07) is 5.22. The van der Waals surface area contributed by atoms with E-state index in [-0.39, 0.29) is 30.2 Å². The van der Waals surface area contributed by atoms with E-state index in [1.807, 2.05) is 6.07 Å². The molecule has 0 spiro atoms. The number of carbonyl (C=O) groups is 2. The molecule has 0 atom stereocenters. The highest BCUT2D eigenvalue weighted by molar-refractivity contribution is 7.89. The number of carboxylic acid groups (broad SMARTS) is 1. The van der Waals surface area contributed by atoms with Crippen molar-refractivity contribution in [3.05, 3.63) is 29.3 Å². The lowest BCUT2D eigenvalue weighted by Gasteiger charge is -2.25. The SMILES string of the molecule is CC(C)(CCC(=O)O)NC(=O)CCNS(=O)(=O)c1ccc2c(c1)CCCC2. The van der Waals surface area contributed by atoms with Crippen molar-refractivity contribution < 1.29 is 23.1 Å². The average Bonchev–Trinajstić information content (AvgIpc) is 2.59. The number of aryl methyl sites for hydroxylation is 2. The van der Waals surface area contributed by atoms with Crippen LogP contribution in [0.3, 0.4) is 0 Å². The fraction of sp³-hybridized carbons (Fsp3) is 0.579. The minimum absolute atomic E-state index is 0.0132. The topological polar surface area (TPSA) is 113 Å². The average molecular weight is 397 g/mol. The number of fused-ring (bicyclic) bond motifs is 1. The number of hydrogen-bond acceptors (Lipinski definition) is 4. The van der Waals surface area contributed by atoms with Gasteiger partial charge < -0.3 is 10.4 Å². The zero-order chi connectivity index (χ0) is 20.1. The Hall–Kier alpha value is -1.93. The second-order valence-electron chi connectivity index (χ2n) is 7.61. The third-order valence-corrected chi connectivity index (χ3v) is 6.17. The first-order valence-electron chi connectivity index (χ1n) is 9.23. The number of carboxylic acids is 1. The second-order valence-corrected chi connectivity index (χ2v) is 9.38. The molecule has 0 unspecified atom stereocenters. The zero-order valence-corrected chi connectivity index (χ0v) is 16.7. The first-order chi connectivity index (χ1) is 12.6. The Labute approximate surface area is 160 Å². The third kappa shape index (κ3) is 6.62. The molecule has 150 valence electrons. The van der Waals surface area contributed by atoms with Crippen LogP contribution in [0.5, 0.6) is 0 Å². The monoisotopic (exact) mass is 396 g/mol. The van der Waals surface area contributed by atoms with Crippen molar-refractivity contribution in [2.45, 2.75) is 69.2 Å². The van der Waals surface area contributed by atoms with Crippen molar-refractivity contribution in [3.63, 3.8) is 0 Å². The predicted molar refractivity (Wildman–Crippen MR) is 102 cm³/mol. The van der Waals surface area contributed by atoms with E-state index in [0.717, 1.165) is 31.2 Å². The van der Waals surface area contributed by atoms with Crippen LogP contribution in [0.2, 0.25) is 0 Å². The summed E-state index contributed by atoms with van der Waals surface area (Å²) >= 11 is 0. The minimum atomic E-state index is -3.66. The first kappa shape index (κ1) is 21.4. The van der Waals surface area contributed by atoms with Gasteiger partial charge in [0.25, 0.3) is 0 Å². The Kier molecular flexibility index (Phi) is 7.00. The highest BCUT2D eigenvalue weighted by Gasteiger charge is 2.22. The molecule has 1 amide bonds. The summed E-state index contributed by atoms with van der Waals surface area (Å²) in [5.74, 6) is -1.24. The smallest absolute Gasteiger partial charge is 0.303 e. The predicted octanol–water partition coefficient (Wildman–Crippen LogP) is 1.99. The highest BCUT2D eigenvalue weighted by Crippen LogP contribution is 2.24. The van der Waals surface area contributed by atoms with Crippen LogP contribution < -0.4 is 10.0 Å². The van der Waals surface area contributed by atoms with Crippen molar-refractivity contribution in [1.82, 2.24) is 10.0 Å². The van der Waals surface area contributed by atoms with Crippen LogP contribution in [0.1, 0.15) is 57.1 Å². The maximum Gasteiger partial charge on any atom is 0.303 e. The number of hydrogen-bond donors (Lipinski definition) is 3. The molecule has 1 aliphatic rings. The number of benzene rings is 1. The Morgan fingerprint density at radius 2 is 1.78 bits per heavy atom. The van der Waals surface area contributed by atoms with E-state index in [4.69, 9.17) is 5.11 Å². The van der Waals surface area contributed by atoms with E-state index >= 15 is 0 Å². The second kappa shape index (κ2) is 8.84. The van der Waals surface area contributed by atoms with Gasteiger partial charge in [0.15, 0.2) is 0 Å². The highest BCUT2D eigenvalue weighted by atomic mass is 32.2. The third-order valence-electron chi connectivity index (χ3n) is 4.72. The van der Waals surface area contributed by atoms with E-state index in [1.54, 1.807) is 26.0 Å². The van der Waals surface area contributed by atoms with Crippen LogP contribution in [0.15, 0.2) is 23.1 Å². The fourth-order valence-electron chi connectivity index (χ4n) is 3.18. The van der Waals surface area contributed by atoms with Crippen molar-refractivity contribution in [2.75, 3.05) is 6.54 Å². The summed E-state index contributed by atoms with van der Waals surface area (Å²) < 4.78 is 27.4. The molecule has 0 fully saturated rings. The van der Waals surface area contributed by atoms with Crippen molar-refractivity contribution in [3.8, 4) is 0 Å². The first-order valence-corrected chi connectivity index (χ1v) is 10.7. The van der Waals surface area contributed by atoms with Crippen molar-refractivity contribution >= 4 is 21.9 Å². The van der Waals surface area contributed by atoms with E-state index in [1.165, 1.54) is 5.56 Å². The summed E-state index contributed by atoms with van der Waals surface area (Å²) in [5, 5.41) is 11.5. The molecule has 27 heavy (non-hydrogen) atoms. The summed E-state index contributed by atoms with van der Waals surface area (Å²) in [5.41, 5.74) is 1.64. The lowest BCUT2D eigenvalue weighted by atomic mass is 9.92. The van der Waals surface area contributed by atoms with Crippen molar-refractivity contribution in [1.29, 1.82) is 0 Å². The Morgan fingerprint density at radius 1 is 1.11 bits per heavy atom. The molecular weight excluding hydrogens is 368 g/mol. The number of sulfonamides is 1. The van der Waals surface area contributed by atoms with Gasteiger partial charge in [0.1, 0.15) is 0 Å². The van der Waals surface area contributed by atoms with Crippen molar-refractivity contribution in [2.24, 2.45) is 0 Å². The van der Waals surface area contributed by atoms with Gasteiger partial charge in [-0.2, -0.15) is 0 Å². The molecule has 1 aromatic carbocycles. The van der Waals surface area contributed by atoms with Crippen LogP contribution in [-0.2, 0) is 32.5 Å². The van der Waals surface area contributed by atoms with Gasteiger partial charge in [-0.05, 0) is 69.2 Å². The fourth-order valence-corrected chi connectivity index (χ4v) is 4.26. The molecule has 8 heteroatoms. The summed E-state index contributed by atoms with van der Waals surface area (Å²) in [6.07, 6.45) is 4.33. The molecule has 1 aliphatic carbocycles. The standard InChI is InChI=1S/C19H28N2O5S/c1-19(2,11-9-18(23)24)21-17(22)10-12-20-27(25,26)16-8-7-14-5-3-4-6-15(14)13-16/h7-8,13,20H,3-6,9-12H2,1-2H3,(H,21,22)(H,23,24). The van der Waals surface area contributed by atoms with Gasteiger partial charge in [-0.3, -0.25) is 9.59 Å². The quantitative estimate of drug-likeness (QED) is 0.591. The normalized spacial score (nSPS) is 14.4. The van der Waals surface area contributed by atoms with E-state index < -0.39 is 21.5 Å². The molecule has 0 bridgehead atoms. The van der Waals surface area contributed by atoms with E-state index in [9.17, 15) is 18.0 Å². The van der Waals surface area contributed by atoms with Gasteiger partial charge in [-0.25, -0.2) is 13.1 Å². The largest absolute Gasteiger partial charge is 0.481 e. The van der Waals surface area contributed by atoms with Crippen LogP contribution >= 0.6 is 0 Å². The van der Waals surface area contributed by atoms with Crippen LogP contribution in [0.4, 0.5) is 0 Å². The van der Waals surface area contributed by atoms with Gasteiger partial charge in [0, 0.05) is 24.9 Å². The van der Waals surface area contributed by atoms with Crippen LogP contribution in [0, 0.1) is 0 Å². The summed E-state index contributed by atoms with van der Waals surface area (Å²) in [6.45, 7) is 3.47. The molecule has 0 radical (unpaired) electrons. The van der Waals surface area contributed by atoms with Crippen LogP contribution in [-0.4, -0.2) is 37.5 Å². The van der Waals surface area contributed by atoms with Gasteiger partial charge in [-0.15, -0.1) is 0 Å². The van der Waals surface area contributed by atoms with E-state index in [2.05, 4.69) is 10.0 Å². The molecule has 2 rings (SSSR count). The zero-order valence-electron chi connectivity index (χ0n) is 15.9. The Morgan fingerprint density at radius 3 is 2.44 bits per heavy atom. The molecule has 0 aliphatic heterocycles. The van der Waals surface area contributed by atoms with Crippen LogP contribution in [0.25, 0.3) is 0 Å². The molecular formula is C19H28N2O5S. The Balaban J connectivity index is 1.86. The van der Waals surface area contributed by atoms with Gasteiger partial charge in [-0.1, -0.05) is 6.07 Å². The molecule has 0 saturated carbocycles. The van der Waals surface area contributed by atoms with E-state index in [0.29, 0.717) is 6.42 Å². The van der Waals surface area contributed by atoms with Gasteiger partial charge in [0.2, 0.25) is 15.9 Å². The maximum absolute atomic E-state index is 12.5. The molecule has 0 saturated heterocycles. The minimum Gasteiger partial charge on any atom is -0.481 e. The molecule has 7 nitrogen and oxygen atoms in total. The molecule has 0 heterocycles. The van der Waals surface area contributed by atoms with Gasteiger partial charge in [0.05, 0.1) is 4.90 Å². The molecule has 1 aromatic rings. The lowest BCUT2D eigenvalue weighted by Crippen LogP contribution is -2.44. The summed E-state index contributed by atoms with van der Waals surface area (Å²) in [4.78, 5) is 22.9. The number of nitrogens with one attached hydrogen (secondary N) is 2. The maximum atomic E-state index is 12.5.